The van der Waals surface area contributed by atoms with E-state index in [2.05, 4.69) is 12.6 Å². The lowest BCUT2D eigenvalue weighted by molar-refractivity contribution is 0.282. The quantitative estimate of drug-likeness (QED) is 0.720. The summed E-state index contributed by atoms with van der Waals surface area (Å²) in [6.07, 6.45) is 0. The third-order valence-electron chi connectivity index (χ3n) is 1.90. The maximum absolute atomic E-state index is 9.03. The molecule has 2 aromatic rings. The molecule has 0 saturated heterocycles. The lowest BCUT2D eigenvalue weighted by atomic mass is 10.2. The van der Waals surface area contributed by atoms with Crippen molar-refractivity contribution in [1.29, 1.82) is 0 Å². The van der Waals surface area contributed by atoms with Crippen molar-refractivity contribution < 1.29 is 5.11 Å². The maximum atomic E-state index is 9.03. The van der Waals surface area contributed by atoms with Gasteiger partial charge in [-0.2, -0.15) is 0 Å². The molecule has 0 bridgehead atoms. The molecule has 0 saturated carbocycles. The topological polar surface area (TPSA) is 20.2 Å². The third kappa shape index (κ3) is 1.46. The third-order valence-corrected chi connectivity index (χ3v) is 3.75. The van der Waals surface area contributed by atoms with E-state index in [0.717, 1.165) is 20.5 Å². The van der Waals surface area contributed by atoms with Gasteiger partial charge in [0.2, 0.25) is 0 Å². The molecule has 4 heteroatoms. The molecule has 2 rings (SSSR count). The van der Waals surface area contributed by atoms with Gasteiger partial charge in [-0.1, -0.05) is 11.6 Å². The normalized spacial score (nSPS) is 11.0. The zero-order valence-corrected chi connectivity index (χ0v) is 9.09. The van der Waals surface area contributed by atoms with Crippen molar-refractivity contribution in [2.24, 2.45) is 0 Å². The van der Waals surface area contributed by atoms with Crippen LogP contribution in [0.5, 0.6) is 0 Å². The van der Waals surface area contributed by atoms with Gasteiger partial charge in [0.05, 0.1) is 16.3 Å². The molecule has 0 aliphatic rings. The highest BCUT2D eigenvalue weighted by Crippen LogP contribution is 2.35. The molecule has 1 N–H and O–H groups in total. The summed E-state index contributed by atoms with van der Waals surface area (Å²) in [4.78, 5) is 0.865. The van der Waals surface area contributed by atoms with Crippen LogP contribution in [0.1, 0.15) is 5.56 Å². The highest BCUT2D eigenvalue weighted by molar-refractivity contribution is 7.80. The molecule has 0 atom stereocenters. The highest BCUT2D eigenvalue weighted by atomic mass is 35.5. The van der Waals surface area contributed by atoms with Crippen LogP contribution in [-0.2, 0) is 6.61 Å². The van der Waals surface area contributed by atoms with E-state index in [0.29, 0.717) is 5.02 Å². The number of fused-ring (bicyclic) bond motifs is 1. The van der Waals surface area contributed by atoms with Gasteiger partial charge < -0.3 is 5.11 Å². The number of rotatable bonds is 1. The van der Waals surface area contributed by atoms with Gasteiger partial charge in [0, 0.05) is 10.3 Å². The van der Waals surface area contributed by atoms with Gasteiger partial charge in [-0.15, -0.1) is 24.0 Å². The summed E-state index contributed by atoms with van der Waals surface area (Å²) in [5.74, 6) is 0. The van der Waals surface area contributed by atoms with Crippen molar-refractivity contribution in [3.8, 4) is 0 Å². The van der Waals surface area contributed by atoms with Crippen molar-refractivity contribution in [3.63, 3.8) is 0 Å². The van der Waals surface area contributed by atoms with Gasteiger partial charge in [-0.25, -0.2) is 0 Å². The molecule has 0 fully saturated rings. The first-order valence-corrected chi connectivity index (χ1v) is 5.43. The predicted octanol–water partition coefficient (Wildman–Crippen LogP) is 3.34. The van der Waals surface area contributed by atoms with Gasteiger partial charge in [-0.05, 0) is 23.1 Å². The Morgan fingerprint density at radius 3 is 3.00 bits per heavy atom. The Labute approximate surface area is 90.4 Å². The van der Waals surface area contributed by atoms with E-state index in [1.807, 2.05) is 11.4 Å². The molecule has 0 aliphatic heterocycles. The molecular formula is C9H7ClOS2. The van der Waals surface area contributed by atoms with Crippen molar-refractivity contribution in [2.45, 2.75) is 11.5 Å². The first kappa shape index (κ1) is 9.34. The van der Waals surface area contributed by atoms with Gasteiger partial charge >= 0.3 is 0 Å². The summed E-state index contributed by atoms with van der Waals surface area (Å²) in [6.45, 7) is -0.0414. The molecular weight excluding hydrogens is 224 g/mol. The lowest BCUT2D eigenvalue weighted by Crippen LogP contribution is -1.85. The SMILES string of the molecule is OCc1cc(S)c2ccsc2c1Cl. The fourth-order valence-electron chi connectivity index (χ4n) is 1.25. The minimum atomic E-state index is -0.0414. The van der Waals surface area contributed by atoms with E-state index in [1.54, 1.807) is 17.4 Å². The molecule has 68 valence electrons. The maximum Gasteiger partial charge on any atom is 0.0697 e. The van der Waals surface area contributed by atoms with Gasteiger partial charge in [0.25, 0.3) is 0 Å². The van der Waals surface area contributed by atoms with Crippen molar-refractivity contribution >= 4 is 45.7 Å². The Morgan fingerprint density at radius 1 is 1.54 bits per heavy atom. The van der Waals surface area contributed by atoms with Crippen molar-refractivity contribution in [3.05, 3.63) is 28.1 Å². The molecule has 0 spiro atoms. The molecule has 0 radical (unpaired) electrons. The number of thiophene rings is 1. The number of halogens is 1. The summed E-state index contributed by atoms with van der Waals surface area (Å²) in [6, 6.07) is 3.79. The summed E-state index contributed by atoms with van der Waals surface area (Å²) in [5.41, 5.74) is 0.738. The van der Waals surface area contributed by atoms with E-state index >= 15 is 0 Å². The van der Waals surface area contributed by atoms with Gasteiger partial charge in [-0.3, -0.25) is 0 Å². The van der Waals surface area contributed by atoms with Crippen LogP contribution in [0.2, 0.25) is 5.02 Å². The van der Waals surface area contributed by atoms with Crippen molar-refractivity contribution in [1.82, 2.24) is 0 Å². The number of benzene rings is 1. The highest BCUT2D eigenvalue weighted by Gasteiger charge is 2.08. The van der Waals surface area contributed by atoms with Crippen LogP contribution < -0.4 is 0 Å². The average Bonchev–Trinajstić information content (AvgIpc) is 2.60. The van der Waals surface area contributed by atoms with Crippen LogP contribution in [0, 0.1) is 0 Å². The number of thiol groups is 1. The van der Waals surface area contributed by atoms with Crippen LogP contribution in [-0.4, -0.2) is 5.11 Å². The van der Waals surface area contributed by atoms with Crippen molar-refractivity contribution in [2.75, 3.05) is 0 Å². The van der Waals surface area contributed by atoms with Gasteiger partial charge in [0.15, 0.2) is 0 Å². The molecule has 1 heterocycles. The fraction of sp³-hybridized carbons (Fsp3) is 0.111. The molecule has 0 unspecified atom stereocenters. The fourth-order valence-corrected chi connectivity index (χ4v) is 2.90. The second kappa shape index (κ2) is 3.50. The van der Waals surface area contributed by atoms with Crippen LogP contribution in [0.15, 0.2) is 22.4 Å². The van der Waals surface area contributed by atoms with Crippen LogP contribution in [0.25, 0.3) is 10.1 Å². The largest absolute Gasteiger partial charge is 0.392 e. The Kier molecular flexibility index (Phi) is 2.51. The summed E-state index contributed by atoms with van der Waals surface area (Å²) >= 11 is 12.0. The number of hydrogen-bond donors (Lipinski definition) is 2. The van der Waals surface area contributed by atoms with E-state index in [1.165, 1.54) is 0 Å². The summed E-state index contributed by atoms with van der Waals surface area (Å²) in [7, 11) is 0. The minimum Gasteiger partial charge on any atom is -0.392 e. The van der Waals surface area contributed by atoms with Crippen LogP contribution >= 0.6 is 35.6 Å². The van der Waals surface area contributed by atoms with E-state index < -0.39 is 0 Å². The van der Waals surface area contributed by atoms with Crippen LogP contribution in [0.4, 0.5) is 0 Å². The standard InChI is InChI=1S/C9H7ClOS2/c10-8-5(4-11)3-7(12)6-1-2-13-9(6)8/h1-3,11-12H,4H2. The zero-order chi connectivity index (χ0) is 9.42. The second-order valence-electron chi connectivity index (χ2n) is 2.69. The lowest BCUT2D eigenvalue weighted by Gasteiger charge is -2.03. The average molecular weight is 231 g/mol. The Bertz CT molecular complexity index is 450. The summed E-state index contributed by atoms with van der Waals surface area (Å²) < 4.78 is 0.998. The first-order chi connectivity index (χ1) is 6.24. The molecule has 1 aromatic heterocycles. The molecule has 13 heavy (non-hydrogen) atoms. The number of aliphatic hydroxyl groups is 1. The van der Waals surface area contributed by atoms with E-state index in [9.17, 15) is 0 Å². The summed E-state index contributed by atoms with van der Waals surface area (Å²) in [5, 5.41) is 12.7. The molecule has 1 aromatic carbocycles. The van der Waals surface area contributed by atoms with Gasteiger partial charge in [0.1, 0.15) is 0 Å². The van der Waals surface area contributed by atoms with E-state index in [4.69, 9.17) is 16.7 Å². The number of aliphatic hydroxyl groups excluding tert-OH is 1. The van der Waals surface area contributed by atoms with Crippen LogP contribution in [0.3, 0.4) is 0 Å². The number of hydrogen-bond acceptors (Lipinski definition) is 3. The smallest absolute Gasteiger partial charge is 0.0697 e. The van der Waals surface area contributed by atoms with E-state index in [-0.39, 0.29) is 6.61 Å². The molecule has 1 nitrogen and oxygen atoms in total. The molecule has 0 aliphatic carbocycles. The Morgan fingerprint density at radius 2 is 2.31 bits per heavy atom. The second-order valence-corrected chi connectivity index (χ2v) is 4.47. The predicted molar refractivity (Wildman–Crippen MR) is 60.0 cm³/mol. The first-order valence-electron chi connectivity index (χ1n) is 3.72. The minimum absolute atomic E-state index is 0.0414. The zero-order valence-electron chi connectivity index (χ0n) is 6.62. The Hall–Kier alpha value is -0.220. The Balaban J connectivity index is 2.85. The molecule has 0 amide bonds. The monoisotopic (exact) mass is 230 g/mol.